The van der Waals surface area contributed by atoms with E-state index < -0.39 is 0 Å². The Morgan fingerprint density at radius 3 is 2.29 bits per heavy atom. The first-order valence-corrected chi connectivity index (χ1v) is 6.95. The second kappa shape index (κ2) is 7.02. The average molecular weight is 291 g/mol. The lowest BCUT2D eigenvalue weighted by molar-refractivity contribution is 0.0931. The van der Waals surface area contributed by atoms with Gasteiger partial charge in [0.1, 0.15) is 5.75 Å². The highest BCUT2D eigenvalue weighted by Gasteiger charge is 2.20. The van der Waals surface area contributed by atoms with Gasteiger partial charge in [0.2, 0.25) is 0 Å². The summed E-state index contributed by atoms with van der Waals surface area (Å²) < 4.78 is 15.7. The van der Waals surface area contributed by atoms with Gasteiger partial charge in [-0.3, -0.25) is 4.79 Å². The van der Waals surface area contributed by atoms with Gasteiger partial charge < -0.3 is 19.5 Å². The second-order valence-corrected chi connectivity index (χ2v) is 4.86. The second-order valence-electron chi connectivity index (χ2n) is 4.86. The van der Waals surface area contributed by atoms with Crippen molar-refractivity contribution in [1.82, 2.24) is 5.32 Å². The molecule has 1 aromatic carbocycles. The summed E-state index contributed by atoms with van der Waals surface area (Å²) in [4.78, 5) is 12.4. The highest BCUT2D eigenvalue weighted by atomic mass is 16.5. The molecule has 1 amide bonds. The van der Waals surface area contributed by atoms with Crippen molar-refractivity contribution in [2.24, 2.45) is 0 Å². The summed E-state index contributed by atoms with van der Waals surface area (Å²) in [6, 6.07) is 3.47. The molecule has 0 bridgehead atoms. The molecule has 0 aromatic heterocycles. The molecule has 0 aliphatic heterocycles. The maximum Gasteiger partial charge on any atom is 0.255 e. The van der Waals surface area contributed by atoms with Crippen LogP contribution in [-0.2, 0) is 0 Å². The number of allylic oxidation sites excluding steroid dienone is 1. The molecule has 1 aliphatic rings. The van der Waals surface area contributed by atoms with Gasteiger partial charge in [-0.1, -0.05) is 12.2 Å². The normalized spacial score (nSPS) is 17.2. The molecule has 2 rings (SSSR count). The van der Waals surface area contributed by atoms with E-state index in [-0.39, 0.29) is 11.9 Å². The Morgan fingerprint density at radius 2 is 1.71 bits per heavy atom. The maximum absolute atomic E-state index is 12.4. The lowest BCUT2D eigenvalue weighted by Crippen LogP contribution is -2.35. The van der Waals surface area contributed by atoms with Crippen LogP contribution in [0.5, 0.6) is 17.2 Å². The molecule has 1 aliphatic carbocycles. The molecule has 5 nitrogen and oxygen atoms in total. The van der Waals surface area contributed by atoms with Crippen LogP contribution in [0.25, 0.3) is 0 Å². The molecule has 21 heavy (non-hydrogen) atoms. The van der Waals surface area contributed by atoms with E-state index in [9.17, 15) is 4.79 Å². The molecule has 0 fully saturated rings. The standard InChI is InChI=1S/C16H21NO4/c1-19-13-10-15(21-3)14(20-2)9-12(13)16(18)17-11-7-5-4-6-8-11/h4-5,9-11H,6-8H2,1-3H3,(H,17,18)/t11-/m1/s1. The Balaban J connectivity index is 2.24. The van der Waals surface area contributed by atoms with Crippen molar-refractivity contribution in [3.05, 3.63) is 29.8 Å². The van der Waals surface area contributed by atoms with Crippen molar-refractivity contribution in [3.8, 4) is 17.2 Å². The number of rotatable bonds is 5. The van der Waals surface area contributed by atoms with Crippen molar-refractivity contribution < 1.29 is 19.0 Å². The first-order chi connectivity index (χ1) is 10.2. The number of carbonyl (C=O) groups excluding carboxylic acids is 1. The van der Waals surface area contributed by atoms with Crippen LogP contribution in [0.2, 0.25) is 0 Å². The van der Waals surface area contributed by atoms with Crippen molar-refractivity contribution in [3.63, 3.8) is 0 Å². The SMILES string of the molecule is COc1cc(OC)c(C(=O)N[C@@H]2CC=CCC2)cc1OC. The van der Waals surface area contributed by atoms with Gasteiger partial charge in [0.25, 0.3) is 5.91 Å². The number of amides is 1. The summed E-state index contributed by atoms with van der Waals surface area (Å²) in [6.07, 6.45) is 7.05. The van der Waals surface area contributed by atoms with E-state index in [0.717, 1.165) is 19.3 Å². The van der Waals surface area contributed by atoms with Gasteiger partial charge in [0.05, 0.1) is 26.9 Å². The van der Waals surface area contributed by atoms with E-state index >= 15 is 0 Å². The Morgan fingerprint density at radius 1 is 1.05 bits per heavy atom. The molecular formula is C16H21NO4. The van der Waals surface area contributed by atoms with Crippen LogP contribution in [-0.4, -0.2) is 33.3 Å². The van der Waals surface area contributed by atoms with Crippen molar-refractivity contribution in [2.75, 3.05) is 21.3 Å². The molecule has 1 atom stereocenters. The first kappa shape index (κ1) is 15.2. The zero-order chi connectivity index (χ0) is 15.2. The van der Waals surface area contributed by atoms with Crippen LogP contribution in [0.4, 0.5) is 0 Å². The minimum Gasteiger partial charge on any atom is -0.496 e. The molecule has 0 saturated carbocycles. The van der Waals surface area contributed by atoms with E-state index in [2.05, 4.69) is 17.5 Å². The fourth-order valence-corrected chi connectivity index (χ4v) is 2.39. The molecular weight excluding hydrogens is 270 g/mol. The quantitative estimate of drug-likeness (QED) is 0.847. The molecule has 0 radical (unpaired) electrons. The van der Waals surface area contributed by atoms with Crippen LogP contribution >= 0.6 is 0 Å². The topological polar surface area (TPSA) is 56.8 Å². The molecule has 0 spiro atoms. The summed E-state index contributed by atoms with van der Waals surface area (Å²) in [7, 11) is 4.62. The summed E-state index contributed by atoms with van der Waals surface area (Å²) in [6.45, 7) is 0. The highest BCUT2D eigenvalue weighted by molar-refractivity contribution is 5.98. The van der Waals surface area contributed by atoms with Gasteiger partial charge in [-0.15, -0.1) is 0 Å². The van der Waals surface area contributed by atoms with E-state index in [1.807, 2.05) is 0 Å². The third-order valence-corrected chi connectivity index (χ3v) is 3.55. The predicted molar refractivity (Wildman–Crippen MR) is 80.3 cm³/mol. The number of ether oxygens (including phenoxy) is 3. The predicted octanol–water partition coefficient (Wildman–Crippen LogP) is 2.55. The fourth-order valence-electron chi connectivity index (χ4n) is 2.39. The molecule has 114 valence electrons. The van der Waals surface area contributed by atoms with Crippen LogP contribution < -0.4 is 19.5 Å². The van der Waals surface area contributed by atoms with Crippen molar-refractivity contribution in [2.45, 2.75) is 25.3 Å². The number of benzene rings is 1. The maximum atomic E-state index is 12.4. The van der Waals surface area contributed by atoms with Crippen LogP contribution in [0.3, 0.4) is 0 Å². The molecule has 5 heteroatoms. The Hall–Kier alpha value is -2.17. The van der Waals surface area contributed by atoms with E-state index in [0.29, 0.717) is 22.8 Å². The minimum atomic E-state index is -0.159. The van der Waals surface area contributed by atoms with Crippen molar-refractivity contribution in [1.29, 1.82) is 0 Å². The molecule has 1 aromatic rings. The summed E-state index contributed by atoms with van der Waals surface area (Å²) in [5.74, 6) is 1.35. The Bertz CT molecular complexity index is 539. The van der Waals surface area contributed by atoms with Gasteiger partial charge in [0.15, 0.2) is 11.5 Å². The van der Waals surface area contributed by atoms with Gasteiger partial charge >= 0.3 is 0 Å². The van der Waals surface area contributed by atoms with E-state index in [1.54, 1.807) is 19.2 Å². The monoisotopic (exact) mass is 291 g/mol. The molecule has 0 saturated heterocycles. The number of carbonyl (C=O) groups is 1. The van der Waals surface area contributed by atoms with Crippen molar-refractivity contribution >= 4 is 5.91 Å². The Kier molecular flexibility index (Phi) is 5.09. The third kappa shape index (κ3) is 3.48. The Labute approximate surface area is 124 Å². The number of methoxy groups -OCH3 is 3. The van der Waals surface area contributed by atoms with Crippen LogP contribution in [0.15, 0.2) is 24.3 Å². The number of nitrogens with one attached hydrogen (secondary N) is 1. The van der Waals surface area contributed by atoms with Crippen LogP contribution in [0.1, 0.15) is 29.6 Å². The first-order valence-electron chi connectivity index (χ1n) is 6.95. The lowest BCUT2D eigenvalue weighted by Gasteiger charge is -2.20. The van der Waals surface area contributed by atoms with E-state index in [1.165, 1.54) is 14.2 Å². The average Bonchev–Trinajstić information content (AvgIpc) is 2.54. The van der Waals surface area contributed by atoms with E-state index in [4.69, 9.17) is 14.2 Å². The zero-order valence-corrected chi connectivity index (χ0v) is 12.6. The summed E-state index contributed by atoms with van der Waals surface area (Å²) in [5.41, 5.74) is 0.449. The molecule has 1 N–H and O–H groups in total. The van der Waals surface area contributed by atoms with Gasteiger partial charge in [-0.25, -0.2) is 0 Å². The molecule has 0 unspecified atom stereocenters. The fraction of sp³-hybridized carbons (Fsp3) is 0.438. The largest absolute Gasteiger partial charge is 0.496 e. The highest BCUT2D eigenvalue weighted by Crippen LogP contribution is 2.34. The minimum absolute atomic E-state index is 0.159. The van der Waals surface area contributed by atoms with Gasteiger partial charge in [-0.2, -0.15) is 0 Å². The zero-order valence-electron chi connectivity index (χ0n) is 12.6. The van der Waals surface area contributed by atoms with Gasteiger partial charge in [0, 0.05) is 18.2 Å². The third-order valence-electron chi connectivity index (χ3n) is 3.55. The van der Waals surface area contributed by atoms with Gasteiger partial charge in [-0.05, 0) is 19.3 Å². The lowest BCUT2D eigenvalue weighted by atomic mass is 10.0. The number of hydrogen-bond acceptors (Lipinski definition) is 4. The summed E-state index contributed by atoms with van der Waals surface area (Å²) in [5, 5.41) is 3.03. The van der Waals surface area contributed by atoms with Crippen LogP contribution in [0, 0.1) is 0 Å². The summed E-state index contributed by atoms with van der Waals surface area (Å²) >= 11 is 0. The number of hydrogen-bond donors (Lipinski definition) is 1. The molecule has 0 heterocycles. The smallest absolute Gasteiger partial charge is 0.255 e.